The van der Waals surface area contributed by atoms with E-state index in [1.54, 1.807) is 45.9 Å². The third-order valence-electron chi connectivity index (χ3n) is 15.2. The standard InChI is InChI=1S/C52H79N5O12/c1-31-16-12-11-13-17-32(2)43(65-8)28-39-21-19-37(7)52(64,69-39)49(61)50(62)56-23-15-14-18-41(56)51(63)68-44(34(4)26-38-20-22-40(45(27-38)66-9)57-54-30-53-55-57)29-42(58)33(3)25-36(6)47(60)48(67-10)46(59)35(5)24-31/h11-13,16-17,25,30-31,34-41,43-45,47-48,60,64H,14-15,18-24,26-29H2,1-10H3/t31-,34-,35?,36?,37-,38+,39+,40?,41?,43+,44+,45-,47-,48?,52-/m1/s1. The van der Waals surface area contributed by atoms with Crippen molar-refractivity contribution in [2.75, 3.05) is 27.9 Å². The SMILES string of the molecule is COC1C(=O)C(C)C[C@H](C)C=CC=CC=C(C)[C@@H](OC)C[C@@H]2CC[C@@H](C)[C@@](O)(O2)C(=O)C(=O)N2CCCCC2C(=O)O[C@H]([C@H](C)C[C@@H]2CCC(n3ncnn3)[C@H](OC)C2)CC(=O)C(C)=CC(C)[C@H]1O. The van der Waals surface area contributed by atoms with Gasteiger partial charge in [-0.3, -0.25) is 19.2 Å². The van der Waals surface area contributed by atoms with Crippen LogP contribution in [0.3, 0.4) is 0 Å². The van der Waals surface area contributed by atoms with Crippen LogP contribution in [-0.2, 0) is 47.7 Å². The second-order valence-electron chi connectivity index (χ2n) is 20.4. The van der Waals surface area contributed by atoms with Crippen molar-refractivity contribution < 1.29 is 57.9 Å². The third kappa shape index (κ3) is 14.2. The lowest BCUT2D eigenvalue weighted by atomic mass is 9.78. The maximum atomic E-state index is 14.5. The number of methoxy groups -OCH3 is 3. The van der Waals surface area contributed by atoms with Crippen molar-refractivity contribution >= 4 is 29.2 Å². The van der Waals surface area contributed by atoms with Crippen molar-refractivity contribution in [3.63, 3.8) is 0 Å². The molecule has 0 aromatic carbocycles. The number of piperidine rings is 1. The number of aromatic nitrogens is 4. The molecule has 1 aromatic rings. The summed E-state index contributed by atoms with van der Waals surface area (Å²) in [6.07, 6.45) is 13.7. The second-order valence-corrected chi connectivity index (χ2v) is 20.4. The first kappa shape index (κ1) is 55.7. The summed E-state index contributed by atoms with van der Waals surface area (Å²) in [4.78, 5) is 73.9. The first-order valence-corrected chi connectivity index (χ1v) is 25.0. The first-order valence-electron chi connectivity index (χ1n) is 25.0. The number of esters is 1. The molecule has 1 aliphatic carbocycles. The number of ether oxygens (including phenoxy) is 5. The number of aliphatic hydroxyl groups is 2. The van der Waals surface area contributed by atoms with Crippen molar-refractivity contribution in [2.24, 2.45) is 35.5 Å². The Bertz CT molecular complexity index is 2020. The number of nitrogens with zero attached hydrogens (tertiary/aromatic N) is 5. The van der Waals surface area contributed by atoms with Crippen LogP contribution in [0.5, 0.6) is 0 Å². The minimum atomic E-state index is -2.43. The molecule has 3 aliphatic heterocycles. The van der Waals surface area contributed by atoms with Crippen LogP contribution in [0, 0.1) is 35.5 Å². The normalized spacial score (nSPS) is 36.3. The number of aliphatic hydroxyl groups excluding tert-OH is 1. The number of ketones is 3. The Morgan fingerprint density at radius 3 is 2.33 bits per heavy atom. The zero-order chi connectivity index (χ0) is 50.6. The minimum Gasteiger partial charge on any atom is -0.460 e. The minimum absolute atomic E-state index is 0.0195. The molecular weight excluding hydrogens is 887 g/mol. The van der Waals surface area contributed by atoms with Gasteiger partial charge in [0, 0.05) is 58.5 Å². The van der Waals surface area contributed by atoms with E-state index in [1.165, 1.54) is 18.3 Å². The highest BCUT2D eigenvalue weighted by molar-refractivity contribution is 6.39. The summed E-state index contributed by atoms with van der Waals surface area (Å²) < 4.78 is 29.9. The molecule has 2 bridgehead atoms. The summed E-state index contributed by atoms with van der Waals surface area (Å²) in [7, 11) is 4.62. The van der Waals surface area contributed by atoms with Gasteiger partial charge in [-0.25, -0.2) is 4.79 Å². The molecule has 15 atom stereocenters. The smallest absolute Gasteiger partial charge is 0.329 e. The zero-order valence-corrected chi connectivity index (χ0v) is 42.5. The second kappa shape index (κ2) is 25.7. The number of rotatable bonds is 7. The monoisotopic (exact) mass is 966 g/mol. The van der Waals surface area contributed by atoms with Crippen molar-refractivity contribution in [3.05, 3.63) is 53.9 Å². The van der Waals surface area contributed by atoms with Gasteiger partial charge >= 0.3 is 5.97 Å². The van der Waals surface area contributed by atoms with Crippen molar-refractivity contribution in [1.29, 1.82) is 0 Å². The Labute approximate surface area is 408 Å². The number of carbonyl (C=O) groups is 5. The van der Waals surface area contributed by atoms with Crippen LogP contribution in [0.4, 0.5) is 0 Å². The highest BCUT2D eigenvalue weighted by Crippen LogP contribution is 2.39. The lowest BCUT2D eigenvalue weighted by Gasteiger charge is -2.42. The zero-order valence-electron chi connectivity index (χ0n) is 42.5. The molecule has 2 N–H and O–H groups in total. The fourth-order valence-electron chi connectivity index (χ4n) is 10.7. The third-order valence-corrected chi connectivity index (χ3v) is 15.2. The Morgan fingerprint density at radius 1 is 0.899 bits per heavy atom. The topological polar surface area (TPSA) is 219 Å². The molecule has 5 rings (SSSR count). The lowest BCUT2D eigenvalue weighted by Crippen LogP contribution is -2.61. The first-order chi connectivity index (χ1) is 32.8. The molecule has 4 aliphatic rings. The largest absolute Gasteiger partial charge is 0.460 e. The lowest BCUT2D eigenvalue weighted by molar-refractivity contribution is -0.265. The van der Waals surface area contributed by atoms with Gasteiger partial charge in [-0.05, 0) is 112 Å². The van der Waals surface area contributed by atoms with Crippen LogP contribution in [0.15, 0.2) is 53.9 Å². The van der Waals surface area contributed by atoms with Gasteiger partial charge in [-0.2, -0.15) is 4.80 Å². The number of allylic oxidation sites excluding steroid dienone is 6. The molecule has 1 aromatic heterocycles. The van der Waals surface area contributed by atoms with E-state index in [0.717, 1.165) is 18.4 Å². The van der Waals surface area contributed by atoms with E-state index in [1.807, 2.05) is 58.1 Å². The van der Waals surface area contributed by atoms with Crippen molar-refractivity contribution in [1.82, 2.24) is 25.1 Å². The van der Waals surface area contributed by atoms with Crippen LogP contribution >= 0.6 is 0 Å². The average molecular weight is 966 g/mol. The van der Waals surface area contributed by atoms with Gasteiger partial charge in [-0.1, -0.05) is 71.1 Å². The summed E-state index contributed by atoms with van der Waals surface area (Å²) in [6.45, 7) is 12.8. The molecule has 69 heavy (non-hydrogen) atoms. The maximum absolute atomic E-state index is 14.5. The van der Waals surface area contributed by atoms with Gasteiger partial charge in [0.1, 0.15) is 18.2 Å². The number of cyclic esters (lactones) is 1. The Morgan fingerprint density at radius 2 is 1.65 bits per heavy atom. The number of amides is 1. The number of hydrogen-bond acceptors (Lipinski definition) is 15. The fourth-order valence-corrected chi connectivity index (χ4v) is 10.7. The van der Waals surface area contributed by atoms with Gasteiger partial charge < -0.3 is 38.8 Å². The summed E-state index contributed by atoms with van der Waals surface area (Å²) in [5.41, 5.74) is 1.20. The fraction of sp³-hybridized carbons (Fsp3) is 0.731. The van der Waals surface area contributed by atoms with Crippen LogP contribution in [0.2, 0.25) is 0 Å². The highest BCUT2D eigenvalue weighted by Gasteiger charge is 2.53. The van der Waals surface area contributed by atoms with Crippen molar-refractivity contribution in [3.8, 4) is 0 Å². The molecule has 1 amide bonds. The summed E-state index contributed by atoms with van der Waals surface area (Å²) in [5, 5.41) is 35.7. The Kier molecular flexibility index (Phi) is 20.8. The molecule has 384 valence electrons. The molecule has 0 radical (unpaired) electrons. The molecule has 5 unspecified atom stereocenters. The van der Waals surface area contributed by atoms with Crippen LogP contribution < -0.4 is 0 Å². The number of hydrogen-bond donors (Lipinski definition) is 2. The predicted molar refractivity (Wildman–Crippen MR) is 256 cm³/mol. The van der Waals surface area contributed by atoms with E-state index in [0.29, 0.717) is 56.9 Å². The predicted octanol–water partition coefficient (Wildman–Crippen LogP) is 6.05. The summed E-state index contributed by atoms with van der Waals surface area (Å²) in [6, 6.07) is -1.25. The Balaban J connectivity index is 1.46. The molecular formula is C52H79N5O12. The van der Waals surface area contributed by atoms with E-state index in [-0.39, 0.29) is 60.9 Å². The number of carbonyl (C=O) groups excluding carboxylic acids is 5. The van der Waals surface area contributed by atoms with Crippen molar-refractivity contribution in [2.45, 2.75) is 180 Å². The van der Waals surface area contributed by atoms with Gasteiger partial charge in [-0.15, -0.1) is 10.2 Å². The van der Waals surface area contributed by atoms with E-state index in [2.05, 4.69) is 15.4 Å². The molecule has 4 heterocycles. The van der Waals surface area contributed by atoms with Crippen LogP contribution in [0.1, 0.15) is 132 Å². The van der Waals surface area contributed by atoms with Crippen LogP contribution in [0.25, 0.3) is 0 Å². The van der Waals surface area contributed by atoms with E-state index >= 15 is 0 Å². The molecule has 2 saturated heterocycles. The number of tetrazole rings is 1. The number of fused-ring (bicyclic) bond motifs is 3. The van der Waals surface area contributed by atoms with E-state index in [9.17, 15) is 34.2 Å². The maximum Gasteiger partial charge on any atom is 0.329 e. The van der Waals surface area contributed by atoms with Gasteiger partial charge in [0.05, 0.1) is 30.5 Å². The van der Waals surface area contributed by atoms with Gasteiger partial charge in [0.2, 0.25) is 5.79 Å². The van der Waals surface area contributed by atoms with Crippen LogP contribution in [-0.4, -0.2) is 141 Å². The molecule has 1 saturated carbocycles. The van der Waals surface area contributed by atoms with Gasteiger partial charge in [0.15, 0.2) is 17.9 Å². The molecule has 3 fully saturated rings. The highest BCUT2D eigenvalue weighted by atomic mass is 16.6. The number of Topliss-reactive ketones (excluding diaryl/α,β-unsaturated/α-hetero) is 3. The van der Waals surface area contributed by atoms with Gasteiger partial charge in [0.25, 0.3) is 11.7 Å². The molecule has 17 heteroatoms. The molecule has 0 spiro atoms. The van der Waals surface area contributed by atoms with E-state index in [4.69, 9.17) is 23.7 Å². The quantitative estimate of drug-likeness (QED) is 0.235. The summed E-state index contributed by atoms with van der Waals surface area (Å²) >= 11 is 0. The average Bonchev–Trinajstić information content (AvgIpc) is 3.88. The Hall–Kier alpha value is -4.26. The summed E-state index contributed by atoms with van der Waals surface area (Å²) in [5.74, 6) is -7.91. The van der Waals surface area contributed by atoms with E-state index < -0.39 is 77.8 Å². The molecule has 17 nitrogen and oxygen atoms in total.